The third kappa shape index (κ3) is 4.11. The van der Waals surface area contributed by atoms with E-state index in [9.17, 15) is 4.79 Å². The van der Waals surface area contributed by atoms with E-state index in [-0.39, 0.29) is 18.0 Å². The van der Waals surface area contributed by atoms with E-state index < -0.39 is 0 Å². The molecule has 3 aromatic carbocycles. The minimum Gasteiger partial charge on any atom is -0.321 e. The predicted molar refractivity (Wildman–Crippen MR) is 128 cm³/mol. The zero-order valence-electron chi connectivity index (χ0n) is 16.6. The van der Waals surface area contributed by atoms with Crippen molar-refractivity contribution in [1.29, 1.82) is 0 Å². The minimum absolute atomic E-state index is 0. The van der Waals surface area contributed by atoms with Crippen LogP contribution in [0.3, 0.4) is 0 Å². The number of hydrogen-bond donors (Lipinski definition) is 1. The second-order valence-electron chi connectivity index (χ2n) is 7.98. The van der Waals surface area contributed by atoms with E-state index in [1.807, 2.05) is 36.4 Å². The van der Waals surface area contributed by atoms with Gasteiger partial charge in [0.25, 0.3) is 5.56 Å². The quantitative estimate of drug-likeness (QED) is 0.390. The fourth-order valence-corrected chi connectivity index (χ4v) is 4.68. The average molecular weight is 439 g/mol. The number of halogens is 2. The molecule has 3 nitrogen and oxygen atoms in total. The molecule has 0 amide bonds. The number of H-pyrrole nitrogens is 1. The Balaban J connectivity index is 0.00000218. The summed E-state index contributed by atoms with van der Waals surface area (Å²) in [6.45, 7) is 3.08. The van der Waals surface area contributed by atoms with Crippen LogP contribution >= 0.6 is 24.0 Å². The number of fused-ring (bicyclic) bond motifs is 3. The lowest BCUT2D eigenvalue weighted by molar-refractivity contribution is 0.204. The predicted octanol–water partition coefficient (Wildman–Crippen LogP) is 6.14. The number of benzene rings is 3. The zero-order valence-corrected chi connectivity index (χ0v) is 18.2. The highest BCUT2D eigenvalue weighted by Gasteiger charge is 2.20. The first kappa shape index (κ1) is 20.9. The maximum Gasteiger partial charge on any atom is 0.256 e. The van der Waals surface area contributed by atoms with Gasteiger partial charge in [-0.1, -0.05) is 54.1 Å². The van der Waals surface area contributed by atoms with Crippen molar-refractivity contribution in [3.05, 3.63) is 93.2 Å². The molecular weight excluding hydrogens is 415 g/mol. The Morgan fingerprint density at radius 3 is 2.33 bits per heavy atom. The van der Waals surface area contributed by atoms with Crippen LogP contribution in [-0.2, 0) is 6.54 Å². The van der Waals surface area contributed by atoms with Gasteiger partial charge in [-0.2, -0.15) is 0 Å². The van der Waals surface area contributed by atoms with E-state index in [1.54, 1.807) is 0 Å². The summed E-state index contributed by atoms with van der Waals surface area (Å²) in [6.07, 6.45) is 2.33. The van der Waals surface area contributed by atoms with E-state index in [0.29, 0.717) is 5.92 Å². The Labute approximate surface area is 187 Å². The molecular formula is C25H24Cl2N2O. The molecule has 5 rings (SSSR count). The number of likely N-dealkylation sites (tertiary alicyclic amines) is 1. The van der Waals surface area contributed by atoms with E-state index in [2.05, 4.69) is 40.2 Å². The third-order valence-corrected chi connectivity index (χ3v) is 6.38. The van der Waals surface area contributed by atoms with Gasteiger partial charge in [0, 0.05) is 27.9 Å². The van der Waals surface area contributed by atoms with Gasteiger partial charge in [0.15, 0.2) is 0 Å². The van der Waals surface area contributed by atoms with Gasteiger partial charge in [0.1, 0.15) is 0 Å². The van der Waals surface area contributed by atoms with Crippen LogP contribution < -0.4 is 5.56 Å². The first-order chi connectivity index (χ1) is 14.2. The second-order valence-corrected chi connectivity index (χ2v) is 8.42. The number of aromatic nitrogens is 1. The monoisotopic (exact) mass is 438 g/mol. The highest BCUT2D eigenvalue weighted by Crippen LogP contribution is 2.30. The molecule has 1 aliphatic rings. The Kier molecular flexibility index (Phi) is 6.14. The molecule has 0 unspecified atom stereocenters. The lowest BCUT2D eigenvalue weighted by Gasteiger charge is -2.32. The summed E-state index contributed by atoms with van der Waals surface area (Å²) >= 11 is 6.02. The lowest BCUT2D eigenvalue weighted by atomic mass is 9.89. The summed E-state index contributed by atoms with van der Waals surface area (Å²) in [7, 11) is 0. The fourth-order valence-electron chi connectivity index (χ4n) is 4.55. The zero-order chi connectivity index (χ0) is 19.8. The van der Waals surface area contributed by atoms with Crippen molar-refractivity contribution in [2.75, 3.05) is 13.1 Å². The molecule has 1 aromatic heterocycles. The Morgan fingerprint density at radius 1 is 0.900 bits per heavy atom. The smallest absolute Gasteiger partial charge is 0.256 e. The molecule has 0 aliphatic carbocycles. The van der Waals surface area contributed by atoms with Crippen LogP contribution in [0.25, 0.3) is 21.7 Å². The Morgan fingerprint density at radius 2 is 1.60 bits per heavy atom. The highest BCUT2D eigenvalue weighted by atomic mass is 35.5. The van der Waals surface area contributed by atoms with Gasteiger partial charge < -0.3 is 4.98 Å². The number of pyridine rings is 1. The normalized spacial score (nSPS) is 15.4. The third-order valence-electron chi connectivity index (χ3n) is 6.13. The molecule has 0 atom stereocenters. The van der Waals surface area contributed by atoms with Crippen LogP contribution in [0.2, 0.25) is 5.02 Å². The topological polar surface area (TPSA) is 36.1 Å². The van der Waals surface area contributed by atoms with Crippen molar-refractivity contribution in [1.82, 2.24) is 9.88 Å². The number of piperidine rings is 1. The number of rotatable bonds is 3. The minimum atomic E-state index is -0.0194. The summed E-state index contributed by atoms with van der Waals surface area (Å²) < 4.78 is 0. The first-order valence-electron chi connectivity index (χ1n) is 10.2. The van der Waals surface area contributed by atoms with Crippen LogP contribution in [0.4, 0.5) is 0 Å². The molecule has 5 heteroatoms. The molecule has 0 spiro atoms. The van der Waals surface area contributed by atoms with Gasteiger partial charge >= 0.3 is 0 Å². The van der Waals surface area contributed by atoms with Gasteiger partial charge in [-0.25, -0.2) is 0 Å². The van der Waals surface area contributed by atoms with Crippen molar-refractivity contribution in [2.24, 2.45) is 0 Å². The molecule has 30 heavy (non-hydrogen) atoms. The van der Waals surface area contributed by atoms with Crippen LogP contribution in [0.1, 0.15) is 29.9 Å². The fraction of sp³-hybridized carbons (Fsp3) is 0.240. The van der Waals surface area contributed by atoms with Crippen LogP contribution in [-0.4, -0.2) is 23.0 Å². The van der Waals surface area contributed by atoms with Crippen molar-refractivity contribution >= 4 is 45.7 Å². The van der Waals surface area contributed by atoms with Crippen LogP contribution in [0, 0.1) is 0 Å². The van der Waals surface area contributed by atoms with E-state index in [0.717, 1.165) is 59.2 Å². The van der Waals surface area contributed by atoms with Gasteiger partial charge in [-0.15, -0.1) is 12.4 Å². The maximum absolute atomic E-state index is 12.4. The van der Waals surface area contributed by atoms with Crippen molar-refractivity contribution < 1.29 is 0 Å². The van der Waals surface area contributed by atoms with E-state index >= 15 is 0 Å². The SMILES string of the molecule is Cl.O=c1[nH]c2cc(CN3CCC(c4ccc(Cl)cc4)CC3)ccc2c2ccccc12. The number of nitrogens with one attached hydrogen (secondary N) is 1. The van der Waals surface area contributed by atoms with Crippen LogP contribution in [0.15, 0.2) is 71.5 Å². The lowest BCUT2D eigenvalue weighted by Crippen LogP contribution is -2.32. The largest absolute Gasteiger partial charge is 0.321 e. The summed E-state index contributed by atoms with van der Waals surface area (Å²) in [5.41, 5.74) is 3.54. The summed E-state index contributed by atoms with van der Waals surface area (Å²) in [5, 5.41) is 3.66. The molecule has 154 valence electrons. The molecule has 2 heterocycles. The van der Waals surface area contributed by atoms with Crippen molar-refractivity contribution in [2.45, 2.75) is 25.3 Å². The van der Waals surface area contributed by atoms with Gasteiger partial charge in [-0.3, -0.25) is 9.69 Å². The maximum atomic E-state index is 12.4. The highest BCUT2D eigenvalue weighted by molar-refractivity contribution is 6.30. The van der Waals surface area contributed by atoms with Crippen LogP contribution in [0.5, 0.6) is 0 Å². The number of aromatic amines is 1. The van der Waals surface area contributed by atoms with Crippen molar-refractivity contribution in [3.63, 3.8) is 0 Å². The molecule has 1 fully saturated rings. The number of hydrogen-bond acceptors (Lipinski definition) is 2. The Bertz CT molecular complexity index is 1230. The second kappa shape index (κ2) is 8.81. The van der Waals surface area contributed by atoms with Gasteiger partial charge in [0.2, 0.25) is 0 Å². The molecule has 0 bridgehead atoms. The molecule has 1 aliphatic heterocycles. The molecule has 1 saturated heterocycles. The Hall–Kier alpha value is -2.33. The summed E-state index contributed by atoms with van der Waals surface area (Å²) in [4.78, 5) is 18.0. The van der Waals surface area contributed by atoms with Gasteiger partial charge in [0.05, 0.1) is 0 Å². The van der Waals surface area contributed by atoms with Gasteiger partial charge in [-0.05, 0) is 72.6 Å². The standard InChI is InChI=1S/C25H23ClN2O.ClH/c26-20-8-6-18(7-9-20)19-11-13-28(14-12-19)16-17-5-10-22-21-3-1-2-4-23(21)25(29)27-24(22)15-17;/h1-10,15,19H,11-14,16H2,(H,27,29);1H. The molecule has 1 N–H and O–H groups in total. The molecule has 0 radical (unpaired) electrons. The summed E-state index contributed by atoms with van der Waals surface area (Å²) in [5.74, 6) is 0.614. The molecule has 4 aromatic rings. The average Bonchev–Trinajstić information content (AvgIpc) is 2.75. The first-order valence-corrected chi connectivity index (χ1v) is 10.6. The van der Waals surface area contributed by atoms with E-state index in [4.69, 9.17) is 11.6 Å². The van der Waals surface area contributed by atoms with E-state index in [1.165, 1.54) is 11.1 Å². The molecule has 0 saturated carbocycles. The van der Waals surface area contributed by atoms with Crippen molar-refractivity contribution in [3.8, 4) is 0 Å². The summed E-state index contributed by atoms with van der Waals surface area (Å²) in [6, 6.07) is 22.6. The number of nitrogens with zero attached hydrogens (tertiary/aromatic N) is 1.